The summed E-state index contributed by atoms with van der Waals surface area (Å²) in [5, 5.41) is 9.24. The number of anilines is 1. The number of hydrazone groups is 1. The second kappa shape index (κ2) is 11.4. The Morgan fingerprint density at radius 2 is 1.58 bits per heavy atom. The maximum atomic E-state index is 12.7. The first-order valence-electron chi connectivity index (χ1n) is 10.4. The van der Waals surface area contributed by atoms with Gasteiger partial charge >= 0.3 is 11.8 Å². The van der Waals surface area contributed by atoms with Gasteiger partial charge in [-0.05, 0) is 36.6 Å². The summed E-state index contributed by atoms with van der Waals surface area (Å²) < 4.78 is 0. The second-order valence-corrected chi connectivity index (χ2v) is 7.30. The molecule has 0 spiro atoms. The molecule has 0 heterocycles. The van der Waals surface area contributed by atoms with Crippen molar-refractivity contribution in [2.75, 3.05) is 5.32 Å². The van der Waals surface area contributed by atoms with Crippen molar-refractivity contribution in [3.8, 4) is 0 Å². The van der Waals surface area contributed by atoms with Gasteiger partial charge in [-0.15, -0.1) is 0 Å². The van der Waals surface area contributed by atoms with Crippen LogP contribution >= 0.6 is 0 Å². The molecule has 2 aromatic carbocycles. The number of nitrogens with one attached hydrogen (secondary N) is 3. The van der Waals surface area contributed by atoms with E-state index < -0.39 is 11.8 Å². The average molecular weight is 418 g/mol. The molecule has 1 aliphatic carbocycles. The lowest BCUT2D eigenvalue weighted by Crippen LogP contribution is -2.37. The molecule has 0 bridgehead atoms. The highest BCUT2D eigenvalue weighted by Gasteiger charge is 2.20. The Kier molecular flexibility index (Phi) is 8.11. The SMILES string of the molecule is O=C(N/N=C/C=C/c1ccccc1)C(=O)Nc1ccccc1C(=O)NC1CCCCC1. The van der Waals surface area contributed by atoms with Gasteiger partial charge in [-0.3, -0.25) is 14.4 Å². The molecule has 3 amide bonds. The Balaban J connectivity index is 1.53. The van der Waals surface area contributed by atoms with Crippen LogP contribution in [0.15, 0.2) is 65.8 Å². The molecular formula is C24H26N4O3. The molecule has 0 atom stereocenters. The normalized spacial score (nSPS) is 14.5. The Morgan fingerprint density at radius 3 is 2.35 bits per heavy atom. The van der Waals surface area contributed by atoms with Crippen LogP contribution in [0.4, 0.5) is 5.69 Å². The van der Waals surface area contributed by atoms with Gasteiger partial charge in [-0.25, -0.2) is 5.43 Å². The van der Waals surface area contributed by atoms with Crippen molar-refractivity contribution in [2.24, 2.45) is 5.10 Å². The molecule has 160 valence electrons. The van der Waals surface area contributed by atoms with Crippen molar-refractivity contribution < 1.29 is 14.4 Å². The summed E-state index contributed by atoms with van der Waals surface area (Å²) >= 11 is 0. The highest BCUT2D eigenvalue weighted by molar-refractivity contribution is 6.40. The van der Waals surface area contributed by atoms with Crippen LogP contribution in [-0.4, -0.2) is 30.0 Å². The summed E-state index contributed by atoms with van der Waals surface area (Å²) in [6.45, 7) is 0. The monoisotopic (exact) mass is 418 g/mol. The van der Waals surface area contributed by atoms with Crippen molar-refractivity contribution in [2.45, 2.75) is 38.1 Å². The number of para-hydroxylation sites is 1. The number of allylic oxidation sites excluding steroid dienone is 1. The molecule has 1 saturated carbocycles. The summed E-state index contributed by atoms with van der Waals surface area (Å²) in [4.78, 5) is 36.9. The number of hydrogen-bond acceptors (Lipinski definition) is 4. The number of carbonyl (C=O) groups is 3. The van der Waals surface area contributed by atoms with E-state index in [0.29, 0.717) is 5.56 Å². The molecule has 0 aromatic heterocycles. The fraction of sp³-hybridized carbons (Fsp3) is 0.250. The molecule has 2 aromatic rings. The maximum Gasteiger partial charge on any atom is 0.329 e. The van der Waals surface area contributed by atoms with E-state index in [4.69, 9.17) is 0 Å². The van der Waals surface area contributed by atoms with Crippen molar-refractivity contribution in [1.82, 2.24) is 10.7 Å². The Labute approximate surface area is 181 Å². The Hall–Kier alpha value is -3.74. The third-order valence-corrected chi connectivity index (χ3v) is 4.98. The highest BCUT2D eigenvalue weighted by atomic mass is 16.2. The van der Waals surface area contributed by atoms with E-state index in [1.165, 1.54) is 12.6 Å². The molecule has 0 unspecified atom stereocenters. The Bertz CT molecular complexity index is 964. The lowest BCUT2D eigenvalue weighted by Gasteiger charge is -2.23. The summed E-state index contributed by atoms with van der Waals surface area (Å²) in [7, 11) is 0. The van der Waals surface area contributed by atoms with Crippen LogP contribution in [0.1, 0.15) is 48.0 Å². The van der Waals surface area contributed by atoms with E-state index >= 15 is 0 Å². The zero-order chi connectivity index (χ0) is 21.9. The molecule has 7 heteroatoms. The first-order chi connectivity index (χ1) is 15.1. The van der Waals surface area contributed by atoms with Crippen LogP contribution in [0, 0.1) is 0 Å². The smallest absolute Gasteiger partial charge is 0.329 e. The fourth-order valence-corrected chi connectivity index (χ4v) is 3.39. The van der Waals surface area contributed by atoms with Crippen LogP contribution in [0.25, 0.3) is 6.08 Å². The zero-order valence-electron chi connectivity index (χ0n) is 17.2. The van der Waals surface area contributed by atoms with Crippen LogP contribution in [-0.2, 0) is 9.59 Å². The van der Waals surface area contributed by atoms with Gasteiger partial charge in [0.25, 0.3) is 5.91 Å². The predicted molar refractivity (Wildman–Crippen MR) is 122 cm³/mol. The zero-order valence-corrected chi connectivity index (χ0v) is 17.2. The average Bonchev–Trinajstić information content (AvgIpc) is 2.80. The first-order valence-corrected chi connectivity index (χ1v) is 10.4. The van der Waals surface area contributed by atoms with Gasteiger partial charge in [0.15, 0.2) is 0 Å². The minimum atomic E-state index is -0.924. The summed E-state index contributed by atoms with van der Waals surface area (Å²) in [5.74, 6) is -2.08. The first kappa shape index (κ1) is 22.0. The summed E-state index contributed by atoms with van der Waals surface area (Å²) in [6, 6.07) is 16.4. The van der Waals surface area contributed by atoms with Crippen LogP contribution < -0.4 is 16.1 Å². The van der Waals surface area contributed by atoms with Crippen molar-refractivity contribution in [3.63, 3.8) is 0 Å². The second-order valence-electron chi connectivity index (χ2n) is 7.30. The molecule has 0 saturated heterocycles. The molecular weight excluding hydrogens is 392 g/mol. The molecule has 31 heavy (non-hydrogen) atoms. The number of carbonyl (C=O) groups excluding carboxylic acids is 3. The topological polar surface area (TPSA) is 99.7 Å². The van der Waals surface area contributed by atoms with E-state index in [0.717, 1.165) is 31.2 Å². The van der Waals surface area contributed by atoms with Gasteiger partial charge in [0.1, 0.15) is 0 Å². The Morgan fingerprint density at radius 1 is 0.871 bits per heavy atom. The molecule has 0 radical (unpaired) electrons. The standard InChI is InChI=1S/C24H26N4O3/c29-22(26-19-13-5-2-6-14-19)20-15-7-8-16-21(20)27-23(30)24(31)28-25-17-9-12-18-10-3-1-4-11-18/h1,3-4,7-12,15-17,19H,2,5-6,13-14H2,(H,26,29)(H,27,30)(H,28,31)/b12-9+,25-17+. The highest BCUT2D eigenvalue weighted by Crippen LogP contribution is 2.20. The maximum absolute atomic E-state index is 12.7. The summed E-state index contributed by atoms with van der Waals surface area (Å²) in [5.41, 5.74) is 3.76. The third kappa shape index (κ3) is 6.92. The molecule has 0 aliphatic heterocycles. The minimum Gasteiger partial charge on any atom is -0.349 e. The third-order valence-electron chi connectivity index (χ3n) is 4.98. The summed E-state index contributed by atoms with van der Waals surface area (Å²) in [6.07, 6.45) is 10.2. The quantitative estimate of drug-likeness (QED) is 0.380. The number of amides is 3. The predicted octanol–water partition coefficient (Wildman–Crippen LogP) is 3.50. The van der Waals surface area contributed by atoms with E-state index in [1.807, 2.05) is 36.4 Å². The van der Waals surface area contributed by atoms with E-state index in [2.05, 4.69) is 21.2 Å². The largest absolute Gasteiger partial charge is 0.349 e. The number of benzene rings is 2. The lowest BCUT2D eigenvalue weighted by atomic mass is 9.95. The van der Waals surface area contributed by atoms with Gasteiger partial charge in [0, 0.05) is 12.3 Å². The van der Waals surface area contributed by atoms with Crippen molar-refractivity contribution >= 4 is 35.7 Å². The van der Waals surface area contributed by atoms with Crippen LogP contribution in [0.2, 0.25) is 0 Å². The van der Waals surface area contributed by atoms with Crippen LogP contribution in [0.3, 0.4) is 0 Å². The van der Waals surface area contributed by atoms with Gasteiger partial charge in [-0.1, -0.05) is 67.8 Å². The number of rotatable bonds is 6. The molecule has 1 fully saturated rings. The van der Waals surface area contributed by atoms with Crippen molar-refractivity contribution in [3.05, 3.63) is 71.8 Å². The van der Waals surface area contributed by atoms with Gasteiger partial charge < -0.3 is 10.6 Å². The lowest BCUT2D eigenvalue weighted by molar-refractivity contribution is -0.136. The minimum absolute atomic E-state index is 0.145. The van der Waals surface area contributed by atoms with E-state index in [1.54, 1.807) is 30.3 Å². The van der Waals surface area contributed by atoms with Gasteiger partial charge in [0.2, 0.25) is 0 Å². The fourth-order valence-electron chi connectivity index (χ4n) is 3.39. The molecule has 3 rings (SSSR count). The molecule has 7 nitrogen and oxygen atoms in total. The van der Waals surface area contributed by atoms with Gasteiger partial charge in [-0.2, -0.15) is 5.10 Å². The number of nitrogens with zero attached hydrogens (tertiary/aromatic N) is 1. The van der Waals surface area contributed by atoms with E-state index in [-0.39, 0.29) is 17.6 Å². The number of hydrogen-bond donors (Lipinski definition) is 3. The molecule has 3 N–H and O–H groups in total. The van der Waals surface area contributed by atoms with E-state index in [9.17, 15) is 14.4 Å². The van der Waals surface area contributed by atoms with Crippen molar-refractivity contribution in [1.29, 1.82) is 0 Å². The van der Waals surface area contributed by atoms with Gasteiger partial charge in [0.05, 0.1) is 11.3 Å². The molecule has 1 aliphatic rings. The van der Waals surface area contributed by atoms with Crippen LogP contribution in [0.5, 0.6) is 0 Å².